The summed E-state index contributed by atoms with van der Waals surface area (Å²) in [7, 11) is 1.54. The van der Waals surface area contributed by atoms with Gasteiger partial charge in [-0.2, -0.15) is 5.10 Å². The van der Waals surface area contributed by atoms with Crippen molar-refractivity contribution in [2.75, 3.05) is 12.4 Å². The van der Waals surface area contributed by atoms with E-state index in [0.717, 1.165) is 0 Å². The van der Waals surface area contributed by atoms with E-state index in [1.807, 2.05) is 13.0 Å². The highest BCUT2D eigenvalue weighted by molar-refractivity contribution is 5.93. The Bertz CT molecular complexity index is 938. The Morgan fingerprint density at radius 3 is 2.48 bits per heavy atom. The number of hydrogen-bond acceptors (Lipinski definition) is 4. The Kier molecular flexibility index (Phi) is 5.40. The van der Waals surface area contributed by atoms with Gasteiger partial charge in [-0.25, -0.2) is 9.07 Å². The molecular weight excluding hydrogens is 349 g/mol. The highest BCUT2D eigenvalue weighted by Crippen LogP contribution is 2.27. The first kappa shape index (κ1) is 18.4. The Hall–Kier alpha value is -3.35. The molecule has 1 unspecified atom stereocenters. The van der Waals surface area contributed by atoms with Crippen LogP contribution in [0.3, 0.4) is 0 Å². The molecule has 0 spiro atoms. The van der Waals surface area contributed by atoms with Crippen molar-refractivity contribution < 1.29 is 18.7 Å². The van der Waals surface area contributed by atoms with Crippen molar-refractivity contribution >= 4 is 11.7 Å². The molecule has 0 saturated carbocycles. The number of para-hydroxylation sites is 2. The van der Waals surface area contributed by atoms with Crippen LogP contribution < -0.4 is 14.8 Å². The molecule has 0 fully saturated rings. The maximum absolute atomic E-state index is 13.2. The Morgan fingerprint density at radius 1 is 1.15 bits per heavy atom. The molecule has 6 nitrogen and oxygen atoms in total. The lowest BCUT2D eigenvalue weighted by Crippen LogP contribution is -2.31. The van der Waals surface area contributed by atoms with E-state index < -0.39 is 6.10 Å². The number of halogens is 1. The number of nitrogens with one attached hydrogen (secondary N) is 1. The number of carbonyl (C=O) groups is 1. The number of aryl methyl sites for hydroxylation is 1. The van der Waals surface area contributed by atoms with Crippen LogP contribution in [0.25, 0.3) is 5.69 Å². The molecule has 3 aromatic rings. The number of hydrogen-bond donors (Lipinski definition) is 1. The largest absolute Gasteiger partial charge is 0.493 e. The van der Waals surface area contributed by atoms with E-state index in [9.17, 15) is 9.18 Å². The van der Waals surface area contributed by atoms with Gasteiger partial charge in [0, 0.05) is 6.07 Å². The zero-order valence-corrected chi connectivity index (χ0v) is 15.3. The quantitative estimate of drug-likeness (QED) is 0.719. The van der Waals surface area contributed by atoms with Crippen molar-refractivity contribution in [1.29, 1.82) is 0 Å². The van der Waals surface area contributed by atoms with E-state index in [1.165, 1.54) is 19.2 Å². The molecule has 0 radical (unpaired) electrons. The number of carbonyl (C=O) groups excluding carboxylic acids is 1. The second-order valence-corrected chi connectivity index (χ2v) is 5.96. The van der Waals surface area contributed by atoms with Crippen LogP contribution in [0.4, 0.5) is 10.2 Å². The maximum Gasteiger partial charge on any atom is 0.266 e. The zero-order chi connectivity index (χ0) is 19.4. The molecule has 0 aliphatic heterocycles. The number of nitrogens with zero attached hydrogens (tertiary/aromatic N) is 2. The number of anilines is 1. The molecule has 1 N–H and O–H groups in total. The van der Waals surface area contributed by atoms with Crippen molar-refractivity contribution in [1.82, 2.24) is 9.78 Å². The monoisotopic (exact) mass is 369 g/mol. The fourth-order valence-electron chi connectivity index (χ4n) is 2.56. The SMILES string of the molecule is COc1ccccc1OC(C)C(=O)Nc1cc(C)nn1-c1ccc(F)cc1. The third-order valence-corrected chi connectivity index (χ3v) is 3.90. The molecule has 1 amide bonds. The van der Waals surface area contributed by atoms with Gasteiger partial charge in [0.15, 0.2) is 17.6 Å². The lowest BCUT2D eigenvalue weighted by Gasteiger charge is -2.17. The second kappa shape index (κ2) is 7.90. The van der Waals surface area contributed by atoms with Gasteiger partial charge in [-0.1, -0.05) is 12.1 Å². The van der Waals surface area contributed by atoms with Crippen LogP contribution in [0, 0.1) is 12.7 Å². The average Bonchev–Trinajstić information content (AvgIpc) is 3.02. The summed E-state index contributed by atoms with van der Waals surface area (Å²) in [5.41, 5.74) is 1.35. The summed E-state index contributed by atoms with van der Waals surface area (Å²) < 4.78 is 25.7. The molecule has 7 heteroatoms. The van der Waals surface area contributed by atoms with Gasteiger partial charge in [0.25, 0.3) is 5.91 Å². The first-order valence-electron chi connectivity index (χ1n) is 8.41. The summed E-state index contributed by atoms with van der Waals surface area (Å²) in [6.07, 6.45) is -0.766. The van der Waals surface area contributed by atoms with Crippen molar-refractivity contribution in [3.63, 3.8) is 0 Å². The zero-order valence-electron chi connectivity index (χ0n) is 15.3. The van der Waals surface area contributed by atoms with Crippen molar-refractivity contribution in [3.8, 4) is 17.2 Å². The van der Waals surface area contributed by atoms with Gasteiger partial charge >= 0.3 is 0 Å². The lowest BCUT2D eigenvalue weighted by molar-refractivity contribution is -0.122. The summed E-state index contributed by atoms with van der Waals surface area (Å²) in [6, 6.07) is 14.7. The topological polar surface area (TPSA) is 65.4 Å². The summed E-state index contributed by atoms with van der Waals surface area (Å²) in [4.78, 5) is 12.6. The summed E-state index contributed by atoms with van der Waals surface area (Å²) in [5.74, 6) is 0.811. The van der Waals surface area contributed by atoms with Crippen LogP contribution in [0.2, 0.25) is 0 Å². The van der Waals surface area contributed by atoms with Crippen LogP contribution in [0.15, 0.2) is 54.6 Å². The van der Waals surface area contributed by atoms with Crippen molar-refractivity contribution in [2.24, 2.45) is 0 Å². The second-order valence-electron chi connectivity index (χ2n) is 5.96. The van der Waals surface area contributed by atoms with Gasteiger partial charge in [-0.3, -0.25) is 4.79 Å². The normalized spacial score (nSPS) is 11.7. The minimum Gasteiger partial charge on any atom is -0.493 e. The van der Waals surface area contributed by atoms with E-state index in [-0.39, 0.29) is 11.7 Å². The minimum atomic E-state index is -0.766. The fraction of sp³-hybridized carbons (Fsp3) is 0.200. The Balaban J connectivity index is 1.77. The molecule has 0 aliphatic carbocycles. The van der Waals surface area contributed by atoms with Gasteiger partial charge in [0.05, 0.1) is 18.5 Å². The molecule has 0 saturated heterocycles. The predicted octanol–water partition coefficient (Wildman–Crippen LogP) is 3.73. The molecule has 0 aliphatic rings. The van der Waals surface area contributed by atoms with Gasteiger partial charge in [-0.05, 0) is 50.2 Å². The summed E-state index contributed by atoms with van der Waals surface area (Å²) >= 11 is 0. The van der Waals surface area contributed by atoms with Crippen LogP contribution >= 0.6 is 0 Å². The molecule has 2 aromatic carbocycles. The number of rotatable bonds is 6. The molecule has 140 valence electrons. The number of aromatic nitrogens is 2. The standard InChI is InChI=1S/C20H20FN3O3/c1-13-12-19(24(23-13)16-10-8-15(21)9-11-16)22-20(25)14(2)27-18-7-5-4-6-17(18)26-3/h4-12,14H,1-3H3,(H,22,25). The molecule has 1 heterocycles. The predicted molar refractivity (Wildman–Crippen MR) is 100.0 cm³/mol. The average molecular weight is 369 g/mol. The highest BCUT2D eigenvalue weighted by atomic mass is 19.1. The maximum atomic E-state index is 13.2. The Labute approximate surface area is 156 Å². The van der Waals surface area contributed by atoms with Crippen molar-refractivity contribution in [3.05, 3.63) is 66.1 Å². The molecule has 1 atom stereocenters. The highest BCUT2D eigenvalue weighted by Gasteiger charge is 2.19. The molecule has 0 bridgehead atoms. The third kappa shape index (κ3) is 4.25. The van der Waals surface area contributed by atoms with Crippen LogP contribution in [0.5, 0.6) is 11.5 Å². The van der Waals surface area contributed by atoms with E-state index in [1.54, 1.807) is 48.0 Å². The van der Waals surface area contributed by atoms with Gasteiger partial charge in [-0.15, -0.1) is 0 Å². The Morgan fingerprint density at radius 2 is 1.81 bits per heavy atom. The lowest BCUT2D eigenvalue weighted by atomic mass is 10.3. The molecule has 1 aromatic heterocycles. The van der Waals surface area contributed by atoms with E-state index in [2.05, 4.69) is 10.4 Å². The van der Waals surface area contributed by atoms with E-state index >= 15 is 0 Å². The van der Waals surface area contributed by atoms with Gasteiger partial charge in [0.2, 0.25) is 0 Å². The first-order valence-corrected chi connectivity index (χ1v) is 8.41. The van der Waals surface area contributed by atoms with Gasteiger partial charge in [0.1, 0.15) is 11.6 Å². The van der Waals surface area contributed by atoms with Gasteiger partial charge < -0.3 is 14.8 Å². The first-order chi connectivity index (χ1) is 13.0. The van der Waals surface area contributed by atoms with Crippen molar-refractivity contribution in [2.45, 2.75) is 20.0 Å². The molecule has 27 heavy (non-hydrogen) atoms. The number of methoxy groups -OCH3 is 1. The van der Waals surface area contributed by atoms with Crippen LogP contribution in [-0.4, -0.2) is 28.9 Å². The van der Waals surface area contributed by atoms with E-state index in [4.69, 9.17) is 9.47 Å². The number of amides is 1. The summed E-state index contributed by atoms with van der Waals surface area (Å²) in [5, 5.41) is 7.16. The third-order valence-electron chi connectivity index (χ3n) is 3.90. The molecule has 3 rings (SSSR count). The fourth-order valence-corrected chi connectivity index (χ4v) is 2.56. The molecular formula is C20H20FN3O3. The summed E-state index contributed by atoms with van der Waals surface area (Å²) in [6.45, 7) is 3.46. The number of ether oxygens (including phenoxy) is 2. The van der Waals surface area contributed by atoms with E-state index in [0.29, 0.717) is 28.7 Å². The van der Waals surface area contributed by atoms with Crippen LogP contribution in [0.1, 0.15) is 12.6 Å². The minimum absolute atomic E-state index is 0.341. The van der Waals surface area contributed by atoms with Crippen LogP contribution in [-0.2, 0) is 4.79 Å². The smallest absolute Gasteiger partial charge is 0.266 e. The number of benzene rings is 2.